The Morgan fingerprint density at radius 3 is 2.56 bits per heavy atom. The van der Waals surface area contributed by atoms with Crippen LogP contribution in [0.3, 0.4) is 0 Å². The maximum absolute atomic E-state index is 5.26. The fraction of sp³-hybridized carbons (Fsp3) is 1.00. The minimum Gasteiger partial charge on any atom is -0.354 e. The Labute approximate surface area is 104 Å². The maximum atomic E-state index is 5.26. The Morgan fingerprint density at radius 2 is 2.00 bits per heavy atom. The van der Waals surface area contributed by atoms with Crippen molar-refractivity contribution >= 4 is 11.8 Å². The summed E-state index contributed by atoms with van der Waals surface area (Å²) < 4.78 is 10.5. The molecule has 3 atom stereocenters. The quantitative estimate of drug-likeness (QED) is 0.699. The van der Waals surface area contributed by atoms with Crippen molar-refractivity contribution < 1.29 is 9.47 Å². The highest BCUT2D eigenvalue weighted by atomic mass is 32.2. The van der Waals surface area contributed by atoms with Crippen molar-refractivity contribution in [3.63, 3.8) is 0 Å². The van der Waals surface area contributed by atoms with Gasteiger partial charge in [0.05, 0.1) is 6.04 Å². The first kappa shape index (κ1) is 14.3. The van der Waals surface area contributed by atoms with Gasteiger partial charge >= 0.3 is 0 Å². The Kier molecular flexibility index (Phi) is 6.73. The van der Waals surface area contributed by atoms with Gasteiger partial charge in [-0.3, -0.25) is 0 Å². The predicted octanol–water partition coefficient (Wildman–Crippen LogP) is 2.26. The van der Waals surface area contributed by atoms with Crippen LogP contribution in [0.5, 0.6) is 0 Å². The molecule has 0 aliphatic heterocycles. The van der Waals surface area contributed by atoms with Crippen molar-refractivity contribution in [2.75, 3.05) is 20.0 Å². The number of rotatable bonds is 7. The predicted molar refractivity (Wildman–Crippen MR) is 70.0 cm³/mol. The van der Waals surface area contributed by atoms with Gasteiger partial charge in [0.1, 0.15) is 0 Å². The maximum Gasteiger partial charge on any atom is 0.171 e. The van der Waals surface area contributed by atoms with Crippen molar-refractivity contribution in [2.24, 2.45) is 0 Å². The topological polar surface area (TPSA) is 30.5 Å². The van der Waals surface area contributed by atoms with Crippen molar-refractivity contribution in [2.45, 2.75) is 56.7 Å². The van der Waals surface area contributed by atoms with Crippen molar-refractivity contribution in [3.8, 4) is 0 Å². The molecule has 1 saturated carbocycles. The van der Waals surface area contributed by atoms with Gasteiger partial charge in [0.2, 0.25) is 0 Å². The van der Waals surface area contributed by atoms with Crippen LogP contribution in [0.15, 0.2) is 0 Å². The molecule has 96 valence electrons. The van der Waals surface area contributed by atoms with Gasteiger partial charge < -0.3 is 14.8 Å². The first-order chi connectivity index (χ1) is 7.71. The first-order valence-corrected chi connectivity index (χ1v) is 7.19. The monoisotopic (exact) mass is 247 g/mol. The molecule has 0 radical (unpaired) electrons. The molecule has 3 unspecified atom stereocenters. The number of hydrogen-bond acceptors (Lipinski definition) is 4. The number of thioether (sulfide) groups is 1. The van der Waals surface area contributed by atoms with Gasteiger partial charge in [-0.05, 0) is 31.9 Å². The lowest BCUT2D eigenvalue weighted by Gasteiger charge is -2.25. The second kappa shape index (κ2) is 7.54. The molecule has 0 heterocycles. The summed E-state index contributed by atoms with van der Waals surface area (Å²) in [4.78, 5) is 0. The summed E-state index contributed by atoms with van der Waals surface area (Å²) >= 11 is 2.09. The van der Waals surface area contributed by atoms with Crippen LogP contribution in [0.25, 0.3) is 0 Å². The lowest BCUT2D eigenvalue weighted by Crippen LogP contribution is -2.44. The summed E-state index contributed by atoms with van der Waals surface area (Å²) in [6, 6.07) is 0.886. The summed E-state index contributed by atoms with van der Waals surface area (Å²) in [6.45, 7) is 4.36. The van der Waals surface area contributed by atoms with Crippen molar-refractivity contribution in [1.82, 2.24) is 5.32 Å². The zero-order valence-electron chi connectivity index (χ0n) is 10.9. The number of ether oxygens (including phenoxy) is 2. The van der Waals surface area contributed by atoms with E-state index in [4.69, 9.17) is 9.47 Å². The van der Waals surface area contributed by atoms with Crippen LogP contribution < -0.4 is 5.32 Å². The molecule has 0 bridgehead atoms. The fourth-order valence-corrected chi connectivity index (χ4v) is 3.58. The Balaban J connectivity index is 2.27. The number of nitrogens with one attached hydrogen (secondary N) is 1. The smallest absolute Gasteiger partial charge is 0.171 e. The summed E-state index contributed by atoms with van der Waals surface area (Å²) in [5, 5.41) is 4.45. The Bertz CT molecular complexity index is 188. The van der Waals surface area contributed by atoms with Crippen LogP contribution in [0, 0.1) is 0 Å². The third-order valence-corrected chi connectivity index (χ3v) is 4.39. The number of hydrogen-bond donors (Lipinski definition) is 1. The molecular formula is C12H25NO2S. The standard InChI is InChI=1S/C12H25NO2S/c1-5-16-11-7-6-10(8-11)13-9(2)12(14-3)15-4/h9-13H,5-8H2,1-4H3. The molecule has 0 spiro atoms. The molecule has 16 heavy (non-hydrogen) atoms. The molecule has 0 aromatic heterocycles. The van der Waals surface area contributed by atoms with Crippen molar-refractivity contribution in [3.05, 3.63) is 0 Å². The van der Waals surface area contributed by atoms with Gasteiger partial charge in [-0.2, -0.15) is 11.8 Å². The van der Waals surface area contributed by atoms with Crippen LogP contribution in [-0.2, 0) is 9.47 Å². The minimum absolute atomic E-state index is 0.141. The molecule has 3 nitrogen and oxygen atoms in total. The highest BCUT2D eigenvalue weighted by Crippen LogP contribution is 2.30. The molecule has 1 fully saturated rings. The third kappa shape index (κ3) is 4.24. The van der Waals surface area contributed by atoms with E-state index >= 15 is 0 Å². The van der Waals surface area contributed by atoms with Gasteiger partial charge in [0.15, 0.2) is 6.29 Å². The highest BCUT2D eigenvalue weighted by molar-refractivity contribution is 7.99. The summed E-state index contributed by atoms with van der Waals surface area (Å²) in [5.41, 5.74) is 0. The largest absolute Gasteiger partial charge is 0.354 e. The van der Waals surface area contributed by atoms with Gasteiger partial charge in [0, 0.05) is 25.5 Å². The van der Waals surface area contributed by atoms with Gasteiger partial charge in [-0.1, -0.05) is 6.92 Å². The van der Waals surface area contributed by atoms with E-state index in [9.17, 15) is 0 Å². The lowest BCUT2D eigenvalue weighted by molar-refractivity contribution is -0.120. The molecule has 0 saturated heterocycles. The van der Waals surface area contributed by atoms with Crippen LogP contribution in [0.2, 0.25) is 0 Å². The molecule has 0 amide bonds. The zero-order chi connectivity index (χ0) is 12.0. The van der Waals surface area contributed by atoms with E-state index in [0.717, 1.165) is 5.25 Å². The molecule has 0 aromatic carbocycles. The van der Waals surface area contributed by atoms with E-state index in [1.165, 1.54) is 25.0 Å². The van der Waals surface area contributed by atoms with E-state index in [1.807, 2.05) is 0 Å². The Hall–Kier alpha value is 0.230. The van der Waals surface area contributed by atoms with Crippen molar-refractivity contribution in [1.29, 1.82) is 0 Å². The van der Waals surface area contributed by atoms with E-state index < -0.39 is 0 Å². The third-order valence-electron chi connectivity index (χ3n) is 3.16. The van der Waals surface area contributed by atoms with E-state index in [2.05, 4.69) is 30.9 Å². The minimum atomic E-state index is -0.141. The van der Waals surface area contributed by atoms with Crippen LogP contribution in [0.1, 0.15) is 33.1 Å². The van der Waals surface area contributed by atoms with E-state index in [0.29, 0.717) is 6.04 Å². The first-order valence-electron chi connectivity index (χ1n) is 6.14. The average Bonchev–Trinajstić information content (AvgIpc) is 2.68. The zero-order valence-corrected chi connectivity index (χ0v) is 11.7. The van der Waals surface area contributed by atoms with Crippen LogP contribution in [-0.4, -0.2) is 43.6 Å². The normalized spacial score (nSPS) is 27.6. The molecule has 4 heteroatoms. The molecule has 1 rings (SSSR count). The Morgan fingerprint density at radius 1 is 1.31 bits per heavy atom. The molecule has 1 N–H and O–H groups in total. The van der Waals surface area contributed by atoms with E-state index in [-0.39, 0.29) is 12.3 Å². The van der Waals surface area contributed by atoms with Gasteiger partial charge in [0.25, 0.3) is 0 Å². The van der Waals surface area contributed by atoms with E-state index in [1.54, 1.807) is 14.2 Å². The van der Waals surface area contributed by atoms with Gasteiger partial charge in [-0.15, -0.1) is 0 Å². The number of methoxy groups -OCH3 is 2. The lowest BCUT2D eigenvalue weighted by atomic mass is 10.2. The van der Waals surface area contributed by atoms with Crippen LogP contribution >= 0.6 is 11.8 Å². The van der Waals surface area contributed by atoms with Crippen LogP contribution in [0.4, 0.5) is 0 Å². The molecule has 1 aliphatic rings. The highest BCUT2D eigenvalue weighted by Gasteiger charge is 2.27. The average molecular weight is 247 g/mol. The molecule has 1 aliphatic carbocycles. The molecule has 0 aromatic rings. The van der Waals surface area contributed by atoms with Gasteiger partial charge in [-0.25, -0.2) is 0 Å². The summed E-state index contributed by atoms with van der Waals surface area (Å²) in [7, 11) is 3.38. The summed E-state index contributed by atoms with van der Waals surface area (Å²) in [5.74, 6) is 1.23. The second-order valence-corrected chi connectivity index (χ2v) is 5.96. The second-order valence-electron chi connectivity index (χ2n) is 4.38. The molecular weight excluding hydrogens is 222 g/mol. The fourth-order valence-electron chi connectivity index (χ4n) is 2.43. The summed E-state index contributed by atoms with van der Waals surface area (Å²) in [6.07, 6.45) is 3.76. The SMILES string of the molecule is CCSC1CCC(NC(C)C(OC)OC)C1.